The average molecular weight is 296 g/mol. The molecule has 0 unspecified atom stereocenters. The molecule has 0 bridgehead atoms. The van der Waals surface area contributed by atoms with Crippen molar-refractivity contribution in [1.82, 2.24) is 15.0 Å². The summed E-state index contributed by atoms with van der Waals surface area (Å²) in [4.78, 5) is 13.0. The Hall–Kier alpha value is -0.940. The molecule has 5 heteroatoms. The van der Waals surface area contributed by atoms with Gasteiger partial charge in [0.2, 0.25) is 0 Å². The zero-order valence-electron chi connectivity index (χ0n) is 8.94. The van der Waals surface area contributed by atoms with Crippen LogP contribution in [0.25, 0.3) is 0 Å². The molecule has 0 fully saturated rings. The van der Waals surface area contributed by atoms with Crippen LogP contribution in [0.5, 0.6) is 0 Å². The summed E-state index contributed by atoms with van der Waals surface area (Å²) in [6.07, 6.45) is 0. The Morgan fingerprint density at radius 2 is 1.75 bits per heavy atom. The minimum absolute atomic E-state index is 0.739. The van der Waals surface area contributed by atoms with Gasteiger partial charge >= 0.3 is 0 Å². The summed E-state index contributed by atoms with van der Waals surface area (Å²) in [5, 5.41) is 1.63. The van der Waals surface area contributed by atoms with E-state index in [0.29, 0.717) is 0 Å². The van der Waals surface area contributed by atoms with Crippen molar-refractivity contribution in [3.63, 3.8) is 0 Å². The topological polar surface area (TPSA) is 38.7 Å². The van der Waals surface area contributed by atoms with E-state index in [1.54, 1.807) is 0 Å². The van der Waals surface area contributed by atoms with E-state index in [1.807, 2.05) is 38.1 Å². The summed E-state index contributed by atoms with van der Waals surface area (Å²) in [5.41, 5.74) is 1.95. The third-order valence-electron chi connectivity index (χ3n) is 1.85. The second-order valence-corrected chi connectivity index (χ2v) is 5.13. The van der Waals surface area contributed by atoms with Crippen LogP contribution in [-0.2, 0) is 0 Å². The zero-order valence-corrected chi connectivity index (χ0v) is 11.3. The lowest BCUT2D eigenvalue weighted by Crippen LogP contribution is -1.93. The third-order valence-corrected chi connectivity index (χ3v) is 3.09. The lowest BCUT2D eigenvalue weighted by molar-refractivity contribution is 0.898. The van der Waals surface area contributed by atoms with Crippen molar-refractivity contribution in [2.24, 2.45) is 0 Å². The van der Waals surface area contributed by atoms with Crippen molar-refractivity contribution in [3.8, 4) is 0 Å². The smallest absolute Gasteiger partial charge is 0.194 e. The number of aromatic nitrogens is 3. The first-order valence-corrected chi connectivity index (χ1v) is 6.37. The second-order valence-electron chi connectivity index (χ2n) is 3.33. The Labute approximate surface area is 107 Å². The van der Waals surface area contributed by atoms with Crippen LogP contribution < -0.4 is 0 Å². The van der Waals surface area contributed by atoms with Gasteiger partial charge in [-0.1, -0.05) is 6.07 Å². The largest absolute Gasteiger partial charge is 0.234 e. The van der Waals surface area contributed by atoms with Gasteiger partial charge in [-0.05, 0) is 59.7 Å². The molecule has 0 aliphatic rings. The summed E-state index contributed by atoms with van der Waals surface area (Å²) in [7, 11) is 0. The highest BCUT2D eigenvalue weighted by atomic mass is 79.9. The molecule has 0 saturated heterocycles. The van der Waals surface area contributed by atoms with Crippen LogP contribution in [0, 0.1) is 13.8 Å². The molecule has 2 heterocycles. The van der Waals surface area contributed by atoms with Gasteiger partial charge < -0.3 is 0 Å². The molecule has 0 saturated carbocycles. The van der Waals surface area contributed by atoms with Crippen molar-refractivity contribution in [1.29, 1.82) is 0 Å². The second kappa shape index (κ2) is 4.93. The minimum Gasteiger partial charge on any atom is -0.234 e. The molecule has 82 valence electrons. The molecular weight excluding hydrogens is 286 g/mol. The first kappa shape index (κ1) is 11.5. The summed E-state index contributed by atoms with van der Waals surface area (Å²) < 4.78 is 0.821. The molecule has 2 aromatic rings. The van der Waals surface area contributed by atoms with Crippen LogP contribution in [0.1, 0.15) is 11.4 Å². The van der Waals surface area contributed by atoms with Crippen molar-refractivity contribution >= 4 is 27.7 Å². The number of hydrogen-bond acceptors (Lipinski definition) is 4. The van der Waals surface area contributed by atoms with Gasteiger partial charge in [-0.3, -0.25) is 0 Å². The van der Waals surface area contributed by atoms with Crippen molar-refractivity contribution in [3.05, 3.63) is 40.3 Å². The molecule has 16 heavy (non-hydrogen) atoms. The van der Waals surface area contributed by atoms with Crippen LogP contribution >= 0.6 is 27.7 Å². The maximum absolute atomic E-state index is 4.36. The maximum Gasteiger partial charge on any atom is 0.194 e. The van der Waals surface area contributed by atoms with Gasteiger partial charge in [0.05, 0.1) is 0 Å². The van der Waals surface area contributed by atoms with Crippen LogP contribution in [-0.4, -0.2) is 15.0 Å². The van der Waals surface area contributed by atoms with Gasteiger partial charge in [-0.25, -0.2) is 15.0 Å². The highest BCUT2D eigenvalue weighted by Crippen LogP contribution is 2.24. The first-order valence-electron chi connectivity index (χ1n) is 4.76. The minimum atomic E-state index is 0.739. The van der Waals surface area contributed by atoms with E-state index < -0.39 is 0 Å². The van der Waals surface area contributed by atoms with Crippen molar-refractivity contribution in [2.45, 2.75) is 24.0 Å². The quantitative estimate of drug-likeness (QED) is 0.629. The number of rotatable bonds is 2. The van der Waals surface area contributed by atoms with Crippen LogP contribution in [0.2, 0.25) is 0 Å². The summed E-state index contributed by atoms with van der Waals surface area (Å²) in [6.45, 7) is 3.93. The molecular formula is C11H10BrN3S. The normalized spacial score (nSPS) is 10.4. The van der Waals surface area contributed by atoms with Gasteiger partial charge in [0.1, 0.15) is 9.63 Å². The SMILES string of the molecule is Cc1cc(C)nc(Sc2cccc(Br)n2)n1. The van der Waals surface area contributed by atoms with Crippen LogP contribution in [0.15, 0.2) is 39.1 Å². The Balaban J connectivity index is 2.27. The third kappa shape index (κ3) is 3.02. The lowest BCUT2D eigenvalue weighted by atomic mass is 10.4. The van der Waals surface area contributed by atoms with E-state index in [4.69, 9.17) is 0 Å². The fourth-order valence-corrected chi connectivity index (χ4v) is 2.60. The van der Waals surface area contributed by atoms with Crippen molar-refractivity contribution in [2.75, 3.05) is 0 Å². The highest BCUT2D eigenvalue weighted by Gasteiger charge is 2.03. The fourth-order valence-electron chi connectivity index (χ4n) is 1.28. The Kier molecular flexibility index (Phi) is 3.56. The van der Waals surface area contributed by atoms with Gasteiger partial charge in [0.15, 0.2) is 5.16 Å². The predicted octanol–water partition coefficient (Wildman–Crippen LogP) is 3.40. The monoisotopic (exact) mass is 295 g/mol. The number of aryl methyl sites for hydroxylation is 2. The van der Waals surface area contributed by atoms with E-state index in [9.17, 15) is 0 Å². The van der Waals surface area contributed by atoms with Crippen molar-refractivity contribution < 1.29 is 0 Å². The van der Waals surface area contributed by atoms with E-state index in [-0.39, 0.29) is 0 Å². The van der Waals surface area contributed by atoms with E-state index in [0.717, 1.165) is 26.2 Å². The Bertz CT molecular complexity index is 496. The molecule has 2 rings (SSSR count). The molecule has 3 nitrogen and oxygen atoms in total. The average Bonchev–Trinajstić information content (AvgIpc) is 2.15. The fraction of sp³-hybridized carbons (Fsp3) is 0.182. The molecule has 0 radical (unpaired) electrons. The zero-order chi connectivity index (χ0) is 11.5. The molecule has 0 spiro atoms. The number of hydrogen-bond donors (Lipinski definition) is 0. The maximum atomic E-state index is 4.36. The number of pyridine rings is 1. The molecule has 0 aliphatic carbocycles. The van der Waals surface area contributed by atoms with E-state index in [1.165, 1.54) is 11.8 Å². The van der Waals surface area contributed by atoms with Crippen LogP contribution in [0.4, 0.5) is 0 Å². The molecule has 0 amide bonds. The predicted molar refractivity (Wildman–Crippen MR) is 67.6 cm³/mol. The standard InChI is InChI=1S/C11H10BrN3S/c1-7-6-8(2)14-11(13-7)16-10-5-3-4-9(12)15-10/h3-6H,1-2H3. The number of nitrogens with zero attached hydrogens (tertiary/aromatic N) is 3. The van der Waals surface area contributed by atoms with Gasteiger partial charge in [-0.15, -0.1) is 0 Å². The molecule has 2 aromatic heterocycles. The van der Waals surface area contributed by atoms with E-state index in [2.05, 4.69) is 30.9 Å². The first-order chi connectivity index (χ1) is 7.63. The lowest BCUT2D eigenvalue weighted by Gasteiger charge is -2.02. The molecule has 0 aromatic carbocycles. The summed E-state index contributed by atoms with van der Waals surface area (Å²) in [5.74, 6) is 0. The Morgan fingerprint density at radius 1 is 1.06 bits per heavy atom. The molecule has 0 aliphatic heterocycles. The van der Waals surface area contributed by atoms with Crippen LogP contribution in [0.3, 0.4) is 0 Å². The molecule has 0 N–H and O–H groups in total. The highest BCUT2D eigenvalue weighted by molar-refractivity contribution is 9.10. The number of halogens is 1. The van der Waals surface area contributed by atoms with Gasteiger partial charge in [0, 0.05) is 11.4 Å². The van der Waals surface area contributed by atoms with E-state index >= 15 is 0 Å². The summed E-state index contributed by atoms with van der Waals surface area (Å²) in [6, 6.07) is 7.74. The summed E-state index contributed by atoms with van der Waals surface area (Å²) >= 11 is 4.81. The molecule has 0 atom stereocenters. The Morgan fingerprint density at radius 3 is 2.38 bits per heavy atom. The van der Waals surface area contributed by atoms with Gasteiger partial charge in [-0.2, -0.15) is 0 Å². The van der Waals surface area contributed by atoms with Gasteiger partial charge in [0.25, 0.3) is 0 Å².